The van der Waals surface area contributed by atoms with Crippen LogP contribution in [0, 0.1) is 6.92 Å². The summed E-state index contributed by atoms with van der Waals surface area (Å²) in [6.45, 7) is 15.9. The van der Waals surface area contributed by atoms with Gasteiger partial charge in [0.2, 0.25) is 0 Å². The van der Waals surface area contributed by atoms with Crippen LogP contribution in [0.4, 0.5) is 0 Å². The maximum absolute atomic E-state index is 10.8. The lowest BCUT2D eigenvalue weighted by Crippen LogP contribution is -2.22. The molecule has 1 heteroatoms. The number of phenols is 1. The van der Waals surface area contributed by atoms with Crippen molar-refractivity contribution in [2.75, 3.05) is 0 Å². The lowest BCUT2D eigenvalue weighted by Gasteiger charge is -2.31. The Morgan fingerprint density at radius 2 is 1.23 bits per heavy atom. The first kappa shape index (κ1) is 23.1. The summed E-state index contributed by atoms with van der Waals surface area (Å²) in [4.78, 5) is 0. The lowest BCUT2D eigenvalue weighted by atomic mass is 9.73. The van der Waals surface area contributed by atoms with Crippen LogP contribution in [-0.2, 0) is 10.8 Å². The SMILES string of the molecule is CCCCCCC(C)(C)c1cc(C)c(O)c(C(C)(C)CCCCCC)c1. The van der Waals surface area contributed by atoms with E-state index >= 15 is 0 Å². The highest BCUT2D eigenvalue weighted by atomic mass is 16.3. The van der Waals surface area contributed by atoms with Crippen LogP contribution in [0.5, 0.6) is 5.75 Å². The van der Waals surface area contributed by atoms with Gasteiger partial charge in [0.05, 0.1) is 0 Å². The smallest absolute Gasteiger partial charge is 0.122 e. The fourth-order valence-electron chi connectivity index (χ4n) is 3.95. The number of unbranched alkanes of at least 4 members (excludes halogenated alkanes) is 6. The molecule has 0 aromatic heterocycles. The summed E-state index contributed by atoms with van der Waals surface area (Å²) in [5, 5.41) is 10.8. The maximum atomic E-state index is 10.8. The van der Waals surface area contributed by atoms with Crippen molar-refractivity contribution in [3.8, 4) is 5.75 Å². The van der Waals surface area contributed by atoms with Crippen LogP contribution >= 0.6 is 0 Å². The lowest BCUT2D eigenvalue weighted by molar-refractivity contribution is 0.399. The number of aromatic hydroxyl groups is 1. The fraction of sp³-hybridized carbons (Fsp3) is 0.760. The number of rotatable bonds is 12. The molecule has 1 rings (SSSR count). The summed E-state index contributed by atoms with van der Waals surface area (Å²) in [6, 6.07) is 4.52. The van der Waals surface area contributed by atoms with E-state index in [9.17, 15) is 5.11 Å². The van der Waals surface area contributed by atoms with Gasteiger partial charge >= 0.3 is 0 Å². The van der Waals surface area contributed by atoms with Crippen LogP contribution in [0.25, 0.3) is 0 Å². The Balaban J connectivity index is 3.00. The van der Waals surface area contributed by atoms with Gasteiger partial charge in [0.1, 0.15) is 5.75 Å². The summed E-state index contributed by atoms with van der Waals surface area (Å²) in [5.41, 5.74) is 3.75. The Morgan fingerprint density at radius 3 is 1.73 bits per heavy atom. The van der Waals surface area contributed by atoms with Gasteiger partial charge < -0.3 is 5.11 Å². The average molecular weight is 361 g/mol. The second kappa shape index (κ2) is 10.4. The van der Waals surface area contributed by atoms with Crippen molar-refractivity contribution in [3.63, 3.8) is 0 Å². The first-order chi connectivity index (χ1) is 12.2. The van der Waals surface area contributed by atoms with Crippen LogP contribution in [0.15, 0.2) is 12.1 Å². The second-order valence-electron chi connectivity index (χ2n) is 9.58. The van der Waals surface area contributed by atoms with Gasteiger partial charge in [0.25, 0.3) is 0 Å². The molecule has 1 N–H and O–H groups in total. The molecule has 1 nitrogen and oxygen atoms in total. The predicted molar refractivity (Wildman–Crippen MR) is 116 cm³/mol. The average Bonchev–Trinajstić information content (AvgIpc) is 2.57. The largest absolute Gasteiger partial charge is 0.507 e. The molecular formula is C25H44O. The molecule has 0 aliphatic heterocycles. The van der Waals surface area contributed by atoms with Gasteiger partial charge in [-0.15, -0.1) is 0 Å². The molecule has 1 aromatic rings. The Hall–Kier alpha value is -0.980. The molecule has 150 valence electrons. The summed E-state index contributed by atoms with van der Waals surface area (Å²) < 4.78 is 0. The van der Waals surface area contributed by atoms with Crippen LogP contribution < -0.4 is 0 Å². The van der Waals surface area contributed by atoms with Gasteiger partial charge in [-0.2, -0.15) is 0 Å². The highest BCUT2D eigenvalue weighted by Crippen LogP contribution is 2.41. The van der Waals surface area contributed by atoms with Crippen LogP contribution in [-0.4, -0.2) is 5.11 Å². The molecule has 26 heavy (non-hydrogen) atoms. The first-order valence-electron chi connectivity index (χ1n) is 11.0. The molecule has 1 aromatic carbocycles. The van der Waals surface area contributed by atoms with E-state index in [2.05, 4.69) is 60.6 Å². The summed E-state index contributed by atoms with van der Waals surface area (Å²) >= 11 is 0. The third-order valence-electron chi connectivity index (χ3n) is 6.12. The fourth-order valence-corrected chi connectivity index (χ4v) is 3.95. The molecular weight excluding hydrogens is 316 g/mol. The zero-order valence-corrected chi connectivity index (χ0v) is 18.7. The van der Waals surface area contributed by atoms with E-state index in [1.807, 2.05) is 0 Å². The molecule has 0 heterocycles. The number of phenolic OH excluding ortho intramolecular Hbond substituents is 1. The minimum atomic E-state index is 0.0247. The van der Waals surface area contributed by atoms with Crippen LogP contribution in [0.2, 0.25) is 0 Å². The Bertz CT molecular complexity index is 539. The van der Waals surface area contributed by atoms with Gasteiger partial charge in [-0.1, -0.05) is 105 Å². The monoisotopic (exact) mass is 360 g/mol. The highest BCUT2D eigenvalue weighted by Gasteiger charge is 2.28. The van der Waals surface area contributed by atoms with E-state index in [0.717, 1.165) is 17.5 Å². The predicted octanol–water partition coefficient (Wildman–Crippen LogP) is 8.20. The van der Waals surface area contributed by atoms with Crippen molar-refractivity contribution >= 4 is 0 Å². The molecule has 0 unspecified atom stereocenters. The molecule has 0 bridgehead atoms. The molecule has 0 atom stereocenters. The Kier molecular flexibility index (Phi) is 9.21. The minimum absolute atomic E-state index is 0.0247. The molecule has 0 saturated carbocycles. The molecule has 0 saturated heterocycles. The molecule has 0 aliphatic rings. The van der Waals surface area contributed by atoms with E-state index in [-0.39, 0.29) is 10.8 Å². The van der Waals surface area contributed by atoms with Crippen molar-refractivity contribution in [2.24, 2.45) is 0 Å². The van der Waals surface area contributed by atoms with Gasteiger partial charge in [-0.25, -0.2) is 0 Å². The van der Waals surface area contributed by atoms with Crippen molar-refractivity contribution in [3.05, 3.63) is 28.8 Å². The number of benzene rings is 1. The Labute approximate surface area is 163 Å². The quantitative estimate of drug-likeness (QED) is 0.372. The van der Waals surface area contributed by atoms with Gasteiger partial charge in [-0.05, 0) is 41.7 Å². The van der Waals surface area contributed by atoms with Gasteiger partial charge in [0.15, 0.2) is 0 Å². The summed E-state index contributed by atoms with van der Waals surface area (Å²) in [6.07, 6.45) is 12.7. The van der Waals surface area contributed by atoms with E-state index in [1.54, 1.807) is 0 Å². The van der Waals surface area contributed by atoms with E-state index in [4.69, 9.17) is 0 Å². The zero-order valence-electron chi connectivity index (χ0n) is 18.7. The van der Waals surface area contributed by atoms with Crippen molar-refractivity contribution in [1.82, 2.24) is 0 Å². The zero-order chi connectivity index (χ0) is 19.8. The first-order valence-corrected chi connectivity index (χ1v) is 11.0. The maximum Gasteiger partial charge on any atom is 0.122 e. The number of hydrogen-bond acceptors (Lipinski definition) is 1. The summed E-state index contributed by atoms with van der Waals surface area (Å²) in [5.74, 6) is 0.510. The second-order valence-corrected chi connectivity index (χ2v) is 9.58. The standard InChI is InChI=1S/C25H44O/c1-8-10-12-14-16-24(4,5)21-18-20(3)23(26)22(19-21)25(6,7)17-15-13-11-9-2/h18-19,26H,8-17H2,1-7H3. The molecule has 0 aliphatic carbocycles. The third kappa shape index (κ3) is 6.63. The Morgan fingerprint density at radius 1 is 0.731 bits per heavy atom. The van der Waals surface area contributed by atoms with E-state index in [0.29, 0.717) is 5.75 Å². The van der Waals surface area contributed by atoms with Gasteiger partial charge in [0, 0.05) is 5.56 Å². The normalized spacial score (nSPS) is 12.6. The molecule has 0 fully saturated rings. The summed E-state index contributed by atoms with van der Waals surface area (Å²) in [7, 11) is 0. The highest BCUT2D eigenvalue weighted by molar-refractivity contribution is 5.48. The van der Waals surface area contributed by atoms with Crippen LogP contribution in [0.1, 0.15) is 122 Å². The van der Waals surface area contributed by atoms with Crippen LogP contribution in [0.3, 0.4) is 0 Å². The number of hydrogen-bond donors (Lipinski definition) is 1. The molecule has 0 amide bonds. The van der Waals surface area contributed by atoms with Crippen molar-refractivity contribution in [2.45, 2.75) is 124 Å². The molecule has 0 spiro atoms. The minimum Gasteiger partial charge on any atom is -0.507 e. The van der Waals surface area contributed by atoms with Crippen molar-refractivity contribution < 1.29 is 5.11 Å². The molecule has 0 radical (unpaired) electrons. The van der Waals surface area contributed by atoms with E-state index in [1.165, 1.54) is 63.4 Å². The van der Waals surface area contributed by atoms with Crippen molar-refractivity contribution in [1.29, 1.82) is 0 Å². The number of aryl methyl sites for hydroxylation is 1. The topological polar surface area (TPSA) is 20.2 Å². The third-order valence-corrected chi connectivity index (χ3v) is 6.12. The van der Waals surface area contributed by atoms with E-state index < -0.39 is 0 Å². The van der Waals surface area contributed by atoms with Gasteiger partial charge in [-0.3, -0.25) is 0 Å².